The maximum Gasteiger partial charge on any atom is 0.335 e. The highest BCUT2D eigenvalue weighted by Crippen LogP contribution is 2.30. The molecule has 0 unspecified atom stereocenters. The average molecular weight is 471 g/mol. The Balaban J connectivity index is 2.05. The Kier molecular flexibility index (Phi) is 6.37. The summed E-state index contributed by atoms with van der Waals surface area (Å²) in [5.74, 6) is -0.537. The lowest BCUT2D eigenvalue weighted by Gasteiger charge is -2.27. The van der Waals surface area contributed by atoms with E-state index in [9.17, 15) is 14.4 Å². The highest BCUT2D eigenvalue weighted by Gasteiger charge is 2.37. The van der Waals surface area contributed by atoms with Gasteiger partial charge in [0.05, 0.1) is 12.8 Å². The molecule has 3 rings (SSSR count). The Morgan fingerprint density at radius 1 is 1.17 bits per heavy atom. The molecule has 0 aliphatic carbocycles. The number of carbonyl (C=O) groups is 3. The summed E-state index contributed by atoms with van der Waals surface area (Å²) in [7, 11) is 1.52. The summed E-state index contributed by atoms with van der Waals surface area (Å²) in [6.45, 7) is 5.61. The Hall–Kier alpha value is -3.39. The quantitative estimate of drug-likeness (QED) is 0.391. The van der Waals surface area contributed by atoms with Gasteiger partial charge in [0, 0.05) is 16.1 Å². The maximum absolute atomic E-state index is 13.1. The van der Waals surface area contributed by atoms with E-state index in [2.05, 4.69) is 27.8 Å². The van der Waals surface area contributed by atoms with Gasteiger partial charge >= 0.3 is 6.03 Å². The van der Waals surface area contributed by atoms with E-state index in [4.69, 9.17) is 9.47 Å². The van der Waals surface area contributed by atoms with Gasteiger partial charge in [-0.05, 0) is 48.9 Å². The van der Waals surface area contributed by atoms with Gasteiger partial charge in [-0.2, -0.15) is 0 Å². The van der Waals surface area contributed by atoms with Crippen LogP contribution in [0.3, 0.4) is 0 Å². The summed E-state index contributed by atoms with van der Waals surface area (Å²) in [5, 5.41) is 2.22. The van der Waals surface area contributed by atoms with Crippen LogP contribution in [0.25, 0.3) is 6.08 Å². The molecular formula is C22H19BrN2O5. The number of rotatable bonds is 6. The van der Waals surface area contributed by atoms with Gasteiger partial charge in [0.2, 0.25) is 0 Å². The van der Waals surface area contributed by atoms with Crippen LogP contribution in [0.5, 0.6) is 11.5 Å². The van der Waals surface area contributed by atoms with Gasteiger partial charge in [-0.25, -0.2) is 9.69 Å². The monoisotopic (exact) mass is 470 g/mol. The van der Waals surface area contributed by atoms with Crippen molar-refractivity contribution in [3.05, 3.63) is 70.2 Å². The number of urea groups is 1. The smallest absolute Gasteiger partial charge is 0.335 e. The zero-order valence-electron chi connectivity index (χ0n) is 16.4. The predicted molar refractivity (Wildman–Crippen MR) is 117 cm³/mol. The van der Waals surface area contributed by atoms with Crippen molar-refractivity contribution in [3.8, 4) is 11.5 Å². The predicted octanol–water partition coefficient (Wildman–Crippen LogP) is 4.00. The number of hydrogen-bond donors (Lipinski definition) is 1. The van der Waals surface area contributed by atoms with Crippen LogP contribution in [0.1, 0.15) is 11.1 Å². The van der Waals surface area contributed by atoms with E-state index in [-0.39, 0.29) is 12.2 Å². The maximum atomic E-state index is 13.1. The minimum absolute atomic E-state index is 0.189. The third kappa shape index (κ3) is 4.28. The second kappa shape index (κ2) is 8.96. The van der Waals surface area contributed by atoms with E-state index in [0.29, 0.717) is 28.3 Å². The number of imide groups is 2. The second-order valence-electron chi connectivity index (χ2n) is 6.39. The normalized spacial score (nSPS) is 15.2. The molecular weight excluding hydrogens is 452 g/mol. The van der Waals surface area contributed by atoms with Crippen molar-refractivity contribution in [2.75, 3.05) is 18.6 Å². The molecule has 2 aromatic carbocycles. The minimum atomic E-state index is -0.801. The first-order valence-corrected chi connectivity index (χ1v) is 9.74. The number of halogens is 1. The number of aryl methyl sites for hydroxylation is 1. The number of amides is 4. The number of ether oxygens (including phenoxy) is 2. The fraction of sp³-hybridized carbons (Fsp3) is 0.136. The first-order chi connectivity index (χ1) is 14.3. The largest absolute Gasteiger partial charge is 0.497 e. The molecule has 0 aromatic heterocycles. The molecule has 8 heteroatoms. The van der Waals surface area contributed by atoms with Crippen LogP contribution in [0.4, 0.5) is 10.5 Å². The third-order valence-corrected chi connectivity index (χ3v) is 4.87. The number of nitrogens with zero attached hydrogens (tertiary/aromatic N) is 1. The lowest BCUT2D eigenvalue weighted by Crippen LogP contribution is -2.54. The van der Waals surface area contributed by atoms with Crippen molar-refractivity contribution in [1.82, 2.24) is 5.32 Å². The Labute approximate surface area is 182 Å². The molecule has 1 saturated heterocycles. The molecule has 4 amide bonds. The van der Waals surface area contributed by atoms with Gasteiger partial charge in [-0.15, -0.1) is 0 Å². The number of carbonyl (C=O) groups excluding carboxylic acids is 3. The first-order valence-electron chi connectivity index (χ1n) is 8.95. The van der Waals surface area contributed by atoms with Crippen LogP contribution in [-0.4, -0.2) is 31.6 Å². The van der Waals surface area contributed by atoms with Gasteiger partial charge in [-0.1, -0.05) is 28.6 Å². The van der Waals surface area contributed by atoms with E-state index >= 15 is 0 Å². The molecule has 1 N–H and O–H groups in total. The number of methoxy groups -OCH3 is 1. The molecule has 0 bridgehead atoms. The highest BCUT2D eigenvalue weighted by atomic mass is 79.9. The summed E-state index contributed by atoms with van der Waals surface area (Å²) in [5.41, 5.74) is 1.38. The lowest BCUT2D eigenvalue weighted by molar-refractivity contribution is -0.122. The molecule has 1 heterocycles. The molecule has 1 fully saturated rings. The summed E-state index contributed by atoms with van der Waals surface area (Å²) in [6, 6.07) is 9.31. The van der Waals surface area contributed by atoms with Crippen molar-refractivity contribution in [2.24, 2.45) is 0 Å². The number of hydrogen-bond acceptors (Lipinski definition) is 5. The van der Waals surface area contributed by atoms with Gasteiger partial charge in [0.25, 0.3) is 11.8 Å². The molecule has 0 atom stereocenters. The van der Waals surface area contributed by atoms with Crippen LogP contribution >= 0.6 is 15.9 Å². The Morgan fingerprint density at radius 3 is 2.60 bits per heavy atom. The van der Waals surface area contributed by atoms with Crippen molar-refractivity contribution < 1.29 is 23.9 Å². The second-order valence-corrected chi connectivity index (χ2v) is 7.31. The van der Waals surface area contributed by atoms with E-state index in [0.717, 1.165) is 9.37 Å². The standard InChI is InChI=1S/C22H19BrN2O5/c1-4-9-30-19-12-16(29-3)7-5-14(19)11-17-20(26)24-22(28)25(21(17)27)18-8-6-15(23)10-13(18)2/h4-8,10-12H,1,9H2,2-3H3,(H,24,26,28)/b17-11-. The van der Waals surface area contributed by atoms with E-state index in [1.54, 1.807) is 49.4 Å². The van der Waals surface area contributed by atoms with Gasteiger partial charge in [0.15, 0.2) is 0 Å². The molecule has 0 radical (unpaired) electrons. The van der Waals surface area contributed by atoms with Crippen LogP contribution in [0.2, 0.25) is 0 Å². The molecule has 2 aromatic rings. The zero-order chi connectivity index (χ0) is 21.8. The molecule has 0 spiro atoms. The Morgan fingerprint density at radius 2 is 1.93 bits per heavy atom. The van der Waals surface area contributed by atoms with Gasteiger partial charge in [0.1, 0.15) is 23.7 Å². The van der Waals surface area contributed by atoms with Gasteiger partial charge < -0.3 is 9.47 Å². The third-order valence-electron chi connectivity index (χ3n) is 4.38. The van der Waals surface area contributed by atoms with E-state index in [1.165, 1.54) is 13.2 Å². The molecule has 30 heavy (non-hydrogen) atoms. The summed E-state index contributed by atoms with van der Waals surface area (Å²) >= 11 is 3.36. The van der Waals surface area contributed by atoms with Gasteiger partial charge in [-0.3, -0.25) is 14.9 Å². The van der Waals surface area contributed by atoms with Crippen LogP contribution in [-0.2, 0) is 9.59 Å². The highest BCUT2D eigenvalue weighted by molar-refractivity contribution is 9.10. The van der Waals surface area contributed by atoms with Crippen molar-refractivity contribution in [3.63, 3.8) is 0 Å². The number of barbiturate groups is 1. The number of benzene rings is 2. The van der Waals surface area contributed by atoms with E-state index in [1.807, 2.05) is 0 Å². The zero-order valence-corrected chi connectivity index (χ0v) is 18.0. The SMILES string of the molecule is C=CCOc1cc(OC)ccc1/C=C1/C(=O)NC(=O)N(c2ccc(Br)cc2C)C1=O. The molecule has 154 valence electrons. The average Bonchev–Trinajstić information content (AvgIpc) is 2.71. The van der Waals surface area contributed by atoms with Crippen molar-refractivity contribution in [1.29, 1.82) is 0 Å². The van der Waals surface area contributed by atoms with Crippen LogP contribution in [0, 0.1) is 6.92 Å². The molecule has 1 aliphatic rings. The van der Waals surface area contributed by atoms with Crippen molar-refractivity contribution >= 4 is 45.5 Å². The minimum Gasteiger partial charge on any atom is -0.497 e. The topological polar surface area (TPSA) is 84.9 Å². The molecule has 7 nitrogen and oxygen atoms in total. The lowest BCUT2D eigenvalue weighted by atomic mass is 10.0. The number of anilines is 1. The fourth-order valence-electron chi connectivity index (χ4n) is 2.94. The summed E-state index contributed by atoms with van der Waals surface area (Å²) in [6.07, 6.45) is 2.97. The number of nitrogens with one attached hydrogen (secondary N) is 1. The molecule has 1 aliphatic heterocycles. The Bertz CT molecular complexity index is 1080. The first kappa shape index (κ1) is 21.3. The van der Waals surface area contributed by atoms with Crippen LogP contribution in [0.15, 0.2) is 59.1 Å². The van der Waals surface area contributed by atoms with Crippen molar-refractivity contribution in [2.45, 2.75) is 6.92 Å². The summed E-state index contributed by atoms with van der Waals surface area (Å²) < 4.78 is 11.6. The van der Waals surface area contributed by atoms with E-state index < -0.39 is 17.8 Å². The fourth-order valence-corrected chi connectivity index (χ4v) is 3.41. The molecule has 0 saturated carbocycles. The summed E-state index contributed by atoms with van der Waals surface area (Å²) in [4.78, 5) is 38.9. The van der Waals surface area contributed by atoms with Crippen LogP contribution < -0.4 is 19.7 Å².